The topological polar surface area (TPSA) is 98.0 Å². The van der Waals surface area contributed by atoms with Crippen LogP contribution in [-0.4, -0.2) is 50.6 Å². The third-order valence-electron chi connectivity index (χ3n) is 8.84. The molecule has 4 aliphatic carbocycles. The predicted octanol–water partition coefficient (Wildman–Crippen LogP) is 1.57. The van der Waals surface area contributed by atoms with E-state index < -0.39 is 29.8 Å². The van der Waals surface area contributed by atoms with E-state index >= 15 is 0 Å². The maximum Gasteiger partial charge on any atom is 0.155 e. The standard InChI is InChI=1S/C21H32O5/c1-19-7-5-13(23)9-12(19)3-4-14-15-6-8-21(26,17(25)11-22)20(15,2)10-16(24)18(14)19/h9,14-18,22,24-26H,3-8,10-11H2,1-2H3/t14?,15?,16?,17-,18?,19+,20+,21+/m1/s1. The molecule has 5 nitrogen and oxygen atoms in total. The lowest BCUT2D eigenvalue weighted by Crippen LogP contribution is -2.63. The third-order valence-corrected chi connectivity index (χ3v) is 8.84. The Morgan fingerprint density at radius 2 is 1.96 bits per heavy atom. The van der Waals surface area contributed by atoms with Crippen molar-refractivity contribution < 1.29 is 25.2 Å². The first-order valence-electron chi connectivity index (χ1n) is 10.1. The summed E-state index contributed by atoms with van der Waals surface area (Å²) in [6, 6.07) is 0. The van der Waals surface area contributed by atoms with Crippen molar-refractivity contribution in [1.82, 2.24) is 0 Å². The van der Waals surface area contributed by atoms with Gasteiger partial charge in [-0.2, -0.15) is 0 Å². The van der Waals surface area contributed by atoms with E-state index in [1.807, 2.05) is 13.0 Å². The minimum absolute atomic E-state index is 0.0993. The van der Waals surface area contributed by atoms with Crippen LogP contribution in [0.5, 0.6) is 0 Å². The molecule has 0 saturated heterocycles. The molecule has 4 unspecified atom stereocenters. The Labute approximate surface area is 155 Å². The summed E-state index contributed by atoms with van der Waals surface area (Å²) in [6.07, 6.45) is 4.92. The second-order valence-corrected chi connectivity index (χ2v) is 9.74. The van der Waals surface area contributed by atoms with E-state index in [9.17, 15) is 25.2 Å². The molecule has 3 saturated carbocycles. The van der Waals surface area contributed by atoms with Crippen molar-refractivity contribution in [2.24, 2.45) is 28.6 Å². The van der Waals surface area contributed by atoms with Crippen LogP contribution in [0, 0.1) is 28.6 Å². The molecule has 0 aromatic heterocycles. The number of rotatable bonds is 2. The highest BCUT2D eigenvalue weighted by atomic mass is 16.4. The van der Waals surface area contributed by atoms with Gasteiger partial charge in [0.15, 0.2) is 5.78 Å². The lowest BCUT2D eigenvalue weighted by Gasteiger charge is -2.61. The molecule has 0 aromatic carbocycles. The minimum atomic E-state index is -1.35. The smallest absolute Gasteiger partial charge is 0.155 e. The van der Waals surface area contributed by atoms with E-state index in [4.69, 9.17) is 0 Å². The molecular formula is C21H32O5. The van der Waals surface area contributed by atoms with Gasteiger partial charge in [-0.3, -0.25) is 4.79 Å². The number of aliphatic hydroxyl groups excluding tert-OH is 3. The quantitative estimate of drug-likeness (QED) is 0.596. The maximum absolute atomic E-state index is 11.9. The Balaban J connectivity index is 1.72. The average molecular weight is 364 g/mol. The molecular weight excluding hydrogens is 332 g/mol. The maximum atomic E-state index is 11.9. The lowest BCUT2D eigenvalue weighted by atomic mass is 9.45. The monoisotopic (exact) mass is 364 g/mol. The normalized spacial score (nSPS) is 51.9. The number of aliphatic hydroxyl groups is 4. The van der Waals surface area contributed by atoms with E-state index in [0.717, 1.165) is 25.7 Å². The molecule has 5 heteroatoms. The number of fused-ring (bicyclic) bond motifs is 5. The van der Waals surface area contributed by atoms with Gasteiger partial charge in [-0.05, 0) is 67.8 Å². The predicted molar refractivity (Wildman–Crippen MR) is 96.1 cm³/mol. The highest BCUT2D eigenvalue weighted by Crippen LogP contribution is 2.67. The molecule has 8 atom stereocenters. The molecule has 0 heterocycles. The number of carbonyl (C=O) groups excluding carboxylic acids is 1. The third kappa shape index (κ3) is 2.20. The Hall–Kier alpha value is -0.750. The molecule has 0 aliphatic heterocycles. The van der Waals surface area contributed by atoms with Crippen LogP contribution in [0.1, 0.15) is 58.8 Å². The van der Waals surface area contributed by atoms with Crippen LogP contribution >= 0.6 is 0 Å². The van der Waals surface area contributed by atoms with Crippen LogP contribution < -0.4 is 0 Å². The molecule has 26 heavy (non-hydrogen) atoms. The zero-order valence-corrected chi connectivity index (χ0v) is 15.8. The van der Waals surface area contributed by atoms with Crippen LogP contribution in [0.25, 0.3) is 0 Å². The number of hydrogen-bond donors (Lipinski definition) is 4. The highest BCUT2D eigenvalue weighted by molar-refractivity contribution is 5.91. The summed E-state index contributed by atoms with van der Waals surface area (Å²) in [4.78, 5) is 11.9. The van der Waals surface area contributed by atoms with Gasteiger partial charge in [0, 0.05) is 11.8 Å². The minimum Gasteiger partial charge on any atom is -0.394 e. The SMILES string of the molecule is C[C@]12CCC(=O)C=C1CCC1C2C(O)C[C@@]2(C)C1CC[C@]2(O)[C@H](O)CO. The van der Waals surface area contributed by atoms with Crippen molar-refractivity contribution >= 4 is 5.78 Å². The Morgan fingerprint density at radius 1 is 1.23 bits per heavy atom. The summed E-state index contributed by atoms with van der Waals surface area (Å²) in [7, 11) is 0. The molecule has 4 N–H and O–H groups in total. The van der Waals surface area contributed by atoms with Gasteiger partial charge in [0.05, 0.1) is 18.3 Å². The van der Waals surface area contributed by atoms with Crippen molar-refractivity contribution in [3.05, 3.63) is 11.6 Å². The fourth-order valence-corrected chi connectivity index (χ4v) is 7.42. The van der Waals surface area contributed by atoms with Crippen LogP contribution in [0.4, 0.5) is 0 Å². The summed E-state index contributed by atoms with van der Waals surface area (Å²) in [5.41, 5.74) is -0.898. The number of allylic oxidation sites excluding steroid dienone is 1. The van der Waals surface area contributed by atoms with Crippen molar-refractivity contribution in [3.63, 3.8) is 0 Å². The first-order valence-corrected chi connectivity index (χ1v) is 10.1. The van der Waals surface area contributed by atoms with Gasteiger partial charge in [0.25, 0.3) is 0 Å². The van der Waals surface area contributed by atoms with Crippen molar-refractivity contribution in [2.45, 2.75) is 76.6 Å². The van der Waals surface area contributed by atoms with Crippen molar-refractivity contribution in [3.8, 4) is 0 Å². The highest BCUT2D eigenvalue weighted by Gasteiger charge is 2.67. The summed E-state index contributed by atoms with van der Waals surface area (Å²) in [6.45, 7) is 3.73. The van der Waals surface area contributed by atoms with Gasteiger partial charge >= 0.3 is 0 Å². The number of hydrogen-bond acceptors (Lipinski definition) is 5. The number of carbonyl (C=O) groups is 1. The van der Waals surface area contributed by atoms with E-state index in [-0.39, 0.29) is 29.0 Å². The summed E-state index contributed by atoms with van der Waals surface area (Å²) in [5.74, 6) is 0.798. The van der Waals surface area contributed by atoms with E-state index in [1.165, 1.54) is 5.57 Å². The average Bonchev–Trinajstić information content (AvgIpc) is 2.86. The first-order chi connectivity index (χ1) is 12.2. The van der Waals surface area contributed by atoms with Gasteiger partial charge in [-0.25, -0.2) is 0 Å². The molecule has 4 aliphatic rings. The summed E-state index contributed by atoms with van der Waals surface area (Å²) >= 11 is 0. The largest absolute Gasteiger partial charge is 0.394 e. The van der Waals surface area contributed by atoms with Gasteiger partial charge in [0.1, 0.15) is 6.10 Å². The zero-order valence-electron chi connectivity index (χ0n) is 15.8. The van der Waals surface area contributed by atoms with Crippen molar-refractivity contribution in [1.29, 1.82) is 0 Å². The van der Waals surface area contributed by atoms with E-state index in [0.29, 0.717) is 19.3 Å². The fraction of sp³-hybridized carbons (Fsp3) is 0.857. The lowest BCUT2D eigenvalue weighted by molar-refractivity contribution is -0.207. The van der Waals surface area contributed by atoms with Crippen LogP contribution in [-0.2, 0) is 4.79 Å². The Bertz CT molecular complexity index is 644. The van der Waals surface area contributed by atoms with Crippen LogP contribution in [0.15, 0.2) is 11.6 Å². The fourth-order valence-electron chi connectivity index (χ4n) is 7.42. The molecule has 3 fully saturated rings. The molecule has 0 radical (unpaired) electrons. The summed E-state index contributed by atoms with van der Waals surface area (Å²) in [5, 5.41) is 42.3. The molecule has 146 valence electrons. The van der Waals surface area contributed by atoms with Gasteiger partial charge in [-0.15, -0.1) is 0 Å². The second-order valence-electron chi connectivity index (χ2n) is 9.74. The zero-order chi connectivity index (χ0) is 18.9. The van der Waals surface area contributed by atoms with E-state index in [2.05, 4.69) is 6.92 Å². The van der Waals surface area contributed by atoms with Crippen LogP contribution in [0.2, 0.25) is 0 Å². The molecule has 4 rings (SSSR count). The molecule has 0 amide bonds. The number of ketones is 1. The first kappa shape index (κ1) is 18.6. The molecule has 0 aromatic rings. The van der Waals surface area contributed by atoms with Crippen molar-refractivity contribution in [2.75, 3.05) is 6.61 Å². The van der Waals surface area contributed by atoms with Gasteiger partial charge < -0.3 is 20.4 Å². The van der Waals surface area contributed by atoms with Crippen LogP contribution in [0.3, 0.4) is 0 Å². The van der Waals surface area contributed by atoms with Gasteiger partial charge in [-0.1, -0.05) is 19.4 Å². The Kier molecular flexibility index (Phi) is 4.20. The second kappa shape index (κ2) is 5.87. The molecule has 0 spiro atoms. The molecule has 0 bridgehead atoms. The summed E-state index contributed by atoms with van der Waals surface area (Å²) < 4.78 is 0. The van der Waals surface area contributed by atoms with Gasteiger partial charge in [0.2, 0.25) is 0 Å². The Morgan fingerprint density at radius 3 is 2.65 bits per heavy atom. The van der Waals surface area contributed by atoms with E-state index in [1.54, 1.807) is 0 Å².